The molecule has 1 heterocycles. The zero-order valence-corrected chi connectivity index (χ0v) is 11.2. The summed E-state index contributed by atoms with van der Waals surface area (Å²) in [6, 6.07) is 12.9. The molecule has 0 saturated carbocycles. The van der Waals surface area contributed by atoms with Crippen molar-refractivity contribution in [3.8, 4) is 0 Å². The van der Waals surface area contributed by atoms with Gasteiger partial charge in [-0.3, -0.25) is 4.79 Å². The summed E-state index contributed by atoms with van der Waals surface area (Å²) >= 11 is 0. The quantitative estimate of drug-likeness (QED) is 0.715. The molecular formula is C16H15N3O. The zero-order chi connectivity index (χ0) is 14.1. The highest BCUT2D eigenvalue weighted by atomic mass is 16.1. The summed E-state index contributed by atoms with van der Waals surface area (Å²) in [6.07, 6.45) is 0. The zero-order valence-electron chi connectivity index (χ0n) is 11.2. The minimum Gasteiger partial charge on any atom is -0.342 e. The highest BCUT2D eigenvalue weighted by molar-refractivity contribution is 6.10. The standard InChI is InChI=1S/C16H15N3O/c1-10-18-14-6-5-13(8-15(14)19-10)16(20)12-4-2-3-11(7-12)9-17/h2-8H,9,17H2,1H3,(H,18,19). The number of nitrogens with zero attached hydrogens (tertiary/aromatic N) is 1. The largest absolute Gasteiger partial charge is 0.342 e. The molecule has 0 radical (unpaired) electrons. The van der Waals surface area contributed by atoms with Crippen LogP contribution >= 0.6 is 0 Å². The van der Waals surface area contributed by atoms with Crippen molar-refractivity contribution in [2.45, 2.75) is 13.5 Å². The molecule has 4 heteroatoms. The maximum atomic E-state index is 12.5. The van der Waals surface area contributed by atoms with E-state index >= 15 is 0 Å². The van der Waals surface area contributed by atoms with Crippen LogP contribution in [0.15, 0.2) is 42.5 Å². The number of hydrogen-bond acceptors (Lipinski definition) is 3. The Kier molecular flexibility index (Phi) is 3.08. The topological polar surface area (TPSA) is 71.8 Å². The maximum Gasteiger partial charge on any atom is 0.193 e. The third kappa shape index (κ3) is 2.21. The van der Waals surface area contributed by atoms with Crippen LogP contribution in [0.5, 0.6) is 0 Å². The second kappa shape index (κ2) is 4.90. The summed E-state index contributed by atoms with van der Waals surface area (Å²) in [5, 5.41) is 0. The molecule has 100 valence electrons. The van der Waals surface area contributed by atoms with Crippen molar-refractivity contribution in [1.29, 1.82) is 0 Å². The third-order valence-electron chi connectivity index (χ3n) is 3.29. The van der Waals surface area contributed by atoms with Gasteiger partial charge in [0.15, 0.2) is 5.78 Å². The lowest BCUT2D eigenvalue weighted by Crippen LogP contribution is -2.03. The molecule has 0 amide bonds. The van der Waals surface area contributed by atoms with E-state index in [2.05, 4.69) is 9.97 Å². The molecule has 20 heavy (non-hydrogen) atoms. The van der Waals surface area contributed by atoms with Crippen LogP contribution in [-0.4, -0.2) is 15.8 Å². The van der Waals surface area contributed by atoms with Gasteiger partial charge in [0.25, 0.3) is 0 Å². The fourth-order valence-electron chi connectivity index (χ4n) is 2.28. The second-order valence-corrected chi connectivity index (χ2v) is 4.79. The summed E-state index contributed by atoms with van der Waals surface area (Å²) in [5.41, 5.74) is 9.62. The maximum absolute atomic E-state index is 12.5. The molecule has 0 bridgehead atoms. The summed E-state index contributed by atoms with van der Waals surface area (Å²) in [4.78, 5) is 20.0. The van der Waals surface area contributed by atoms with Crippen LogP contribution in [0.2, 0.25) is 0 Å². The van der Waals surface area contributed by atoms with Gasteiger partial charge in [-0.2, -0.15) is 0 Å². The van der Waals surface area contributed by atoms with Gasteiger partial charge in [-0.25, -0.2) is 4.98 Å². The fraction of sp³-hybridized carbons (Fsp3) is 0.125. The number of nitrogens with one attached hydrogen (secondary N) is 1. The van der Waals surface area contributed by atoms with Gasteiger partial charge in [0.2, 0.25) is 0 Å². The molecule has 0 aliphatic heterocycles. The van der Waals surface area contributed by atoms with Crippen LogP contribution in [0.25, 0.3) is 11.0 Å². The van der Waals surface area contributed by atoms with Gasteiger partial charge in [-0.05, 0) is 36.8 Å². The molecule has 4 nitrogen and oxygen atoms in total. The number of aromatic amines is 1. The first-order chi connectivity index (χ1) is 9.67. The molecule has 0 saturated heterocycles. The second-order valence-electron chi connectivity index (χ2n) is 4.79. The predicted octanol–water partition coefficient (Wildman–Crippen LogP) is 2.56. The smallest absolute Gasteiger partial charge is 0.193 e. The van der Waals surface area contributed by atoms with Gasteiger partial charge >= 0.3 is 0 Å². The Balaban J connectivity index is 2.02. The number of fused-ring (bicyclic) bond motifs is 1. The van der Waals surface area contributed by atoms with Crippen molar-refractivity contribution in [3.05, 3.63) is 65.0 Å². The molecule has 0 atom stereocenters. The Morgan fingerprint density at radius 1 is 1.20 bits per heavy atom. The molecule has 3 aromatic rings. The highest BCUT2D eigenvalue weighted by Crippen LogP contribution is 2.17. The van der Waals surface area contributed by atoms with Crippen LogP contribution in [0.1, 0.15) is 27.3 Å². The van der Waals surface area contributed by atoms with E-state index < -0.39 is 0 Å². The fourth-order valence-corrected chi connectivity index (χ4v) is 2.28. The Hall–Kier alpha value is -2.46. The van der Waals surface area contributed by atoms with E-state index in [1.807, 2.05) is 43.3 Å². The average molecular weight is 265 g/mol. The molecule has 0 spiro atoms. The minimum atomic E-state index is -0.00514. The number of carbonyl (C=O) groups is 1. The Bertz CT molecular complexity index is 789. The Morgan fingerprint density at radius 2 is 2.00 bits per heavy atom. The van der Waals surface area contributed by atoms with Crippen LogP contribution < -0.4 is 5.73 Å². The predicted molar refractivity (Wildman–Crippen MR) is 78.6 cm³/mol. The lowest BCUT2D eigenvalue weighted by Gasteiger charge is -2.03. The van der Waals surface area contributed by atoms with Gasteiger partial charge in [-0.1, -0.05) is 18.2 Å². The van der Waals surface area contributed by atoms with Crippen molar-refractivity contribution < 1.29 is 4.79 Å². The van der Waals surface area contributed by atoms with Crippen LogP contribution in [0.4, 0.5) is 0 Å². The van der Waals surface area contributed by atoms with Crippen molar-refractivity contribution in [2.75, 3.05) is 0 Å². The molecule has 3 N–H and O–H groups in total. The van der Waals surface area contributed by atoms with Gasteiger partial charge in [-0.15, -0.1) is 0 Å². The number of hydrogen-bond donors (Lipinski definition) is 2. The minimum absolute atomic E-state index is 0.00514. The third-order valence-corrected chi connectivity index (χ3v) is 3.29. The normalized spacial score (nSPS) is 10.9. The summed E-state index contributed by atoms with van der Waals surface area (Å²) in [6.45, 7) is 2.33. The van der Waals surface area contributed by atoms with Crippen LogP contribution in [0, 0.1) is 6.92 Å². The Labute approximate surface area is 116 Å². The molecule has 0 fully saturated rings. The van der Waals surface area contributed by atoms with E-state index in [1.54, 1.807) is 6.07 Å². The van der Waals surface area contributed by atoms with Crippen molar-refractivity contribution in [3.63, 3.8) is 0 Å². The monoisotopic (exact) mass is 265 g/mol. The van der Waals surface area contributed by atoms with Crippen molar-refractivity contribution >= 4 is 16.8 Å². The molecule has 0 aliphatic carbocycles. The van der Waals surface area contributed by atoms with Crippen molar-refractivity contribution in [2.24, 2.45) is 5.73 Å². The number of benzene rings is 2. The number of aromatic nitrogens is 2. The first-order valence-electron chi connectivity index (χ1n) is 6.47. The number of rotatable bonds is 3. The van der Waals surface area contributed by atoms with Crippen LogP contribution in [0.3, 0.4) is 0 Å². The molecule has 0 unspecified atom stereocenters. The number of nitrogens with two attached hydrogens (primary N) is 1. The van der Waals surface area contributed by atoms with E-state index in [9.17, 15) is 4.79 Å². The van der Waals surface area contributed by atoms with Gasteiger partial charge < -0.3 is 10.7 Å². The summed E-state index contributed by atoms with van der Waals surface area (Å²) < 4.78 is 0. The van der Waals surface area contributed by atoms with Gasteiger partial charge in [0, 0.05) is 17.7 Å². The number of imidazole rings is 1. The highest BCUT2D eigenvalue weighted by Gasteiger charge is 2.11. The van der Waals surface area contributed by atoms with E-state index in [0.29, 0.717) is 17.7 Å². The molecule has 3 rings (SSSR count). The van der Waals surface area contributed by atoms with E-state index in [4.69, 9.17) is 5.73 Å². The lowest BCUT2D eigenvalue weighted by molar-refractivity contribution is 0.103. The van der Waals surface area contributed by atoms with E-state index in [-0.39, 0.29) is 5.78 Å². The SMILES string of the molecule is Cc1nc2ccc(C(=O)c3cccc(CN)c3)cc2[nH]1. The molecule has 2 aromatic carbocycles. The summed E-state index contributed by atoms with van der Waals surface area (Å²) in [7, 11) is 0. The number of aryl methyl sites for hydroxylation is 1. The molecular weight excluding hydrogens is 250 g/mol. The van der Waals surface area contributed by atoms with Gasteiger partial charge in [0.1, 0.15) is 5.82 Å². The first kappa shape index (κ1) is 12.6. The van der Waals surface area contributed by atoms with Gasteiger partial charge in [0.05, 0.1) is 11.0 Å². The number of ketones is 1. The summed E-state index contributed by atoms with van der Waals surface area (Å²) in [5.74, 6) is 0.837. The van der Waals surface area contributed by atoms with Crippen LogP contribution in [-0.2, 0) is 6.54 Å². The van der Waals surface area contributed by atoms with Crippen molar-refractivity contribution in [1.82, 2.24) is 9.97 Å². The number of carbonyl (C=O) groups excluding carboxylic acids is 1. The lowest BCUT2D eigenvalue weighted by atomic mass is 10.0. The number of H-pyrrole nitrogens is 1. The Morgan fingerprint density at radius 3 is 2.80 bits per heavy atom. The average Bonchev–Trinajstić information content (AvgIpc) is 2.85. The molecule has 1 aromatic heterocycles. The van der Waals surface area contributed by atoms with E-state index in [0.717, 1.165) is 22.4 Å². The first-order valence-corrected chi connectivity index (χ1v) is 6.47. The molecule has 0 aliphatic rings. The van der Waals surface area contributed by atoms with E-state index in [1.165, 1.54) is 0 Å².